The third kappa shape index (κ3) is 4.58. The van der Waals surface area contributed by atoms with Crippen LogP contribution in [0.25, 0.3) is 0 Å². The monoisotopic (exact) mass is 421 g/mol. The van der Waals surface area contributed by atoms with Crippen LogP contribution in [-0.2, 0) is 17.9 Å². The molecule has 1 aliphatic heterocycles. The summed E-state index contributed by atoms with van der Waals surface area (Å²) in [5, 5.41) is 6.12. The van der Waals surface area contributed by atoms with Crippen LogP contribution in [0.1, 0.15) is 23.7 Å². The Kier molecular flexibility index (Phi) is 5.70. The fourth-order valence-corrected chi connectivity index (χ4v) is 3.26. The number of carbonyl (C=O) groups excluding carboxylic acids is 1. The lowest BCUT2D eigenvalue weighted by molar-refractivity contribution is -0.117. The number of amides is 1. The maximum Gasteiger partial charge on any atom is 0.246 e. The normalized spacial score (nSPS) is 15.3. The van der Waals surface area contributed by atoms with Gasteiger partial charge in [0, 0.05) is 13.6 Å². The molecule has 1 atom stereocenters. The summed E-state index contributed by atoms with van der Waals surface area (Å²) in [6.45, 7) is 4.61. The van der Waals surface area contributed by atoms with Crippen molar-refractivity contribution < 1.29 is 13.9 Å². The van der Waals surface area contributed by atoms with Crippen LogP contribution in [0.3, 0.4) is 0 Å². The number of ether oxygens (including phenoxy) is 1. The number of fused-ring (bicyclic) bond motifs is 1. The van der Waals surface area contributed by atoms with Gasteiger partial charge < -0.3 is 20.3 Å². The Morgan fingerprint density at radius 1 is 1.10 bits per heavy atom. The van der Waals surface area contributed by atoms with E-state index in [2.05, 4.69) is 20.6 Å². The molecular weight excluding hydrogens is 397 g/mol. The Morgan fingerprint density at radius 2 is 1.77 bits per heavy atom. The maximum atomic E-state index is 13.0. The number of nitrogens with zero attached hydrogens (tertiary/aromatic N) is 3. The average Bonchev–Trinajstić information content (AvgIpc) is 2.77. The van der Waals surface area contributed by atoms with Gasteiger partial charge in [-0.05, 0) is 49.2 Å². The van der Waals surface area contributed by atoms with Gasteiger partial charge in [0.15, 0.2) is 5.82 Å². The molecule has 2 aromatic carbocycles. The van der Waals surface area contributed by atoms with E-state index >= 15 is 0 Å². The van der Waals surface area contributed by atoms with Crippen molar-refractivity contribution in [3.05, 3.63) is 71.2 Å². The summed E-state index contributed by atoms with van der Waals surface area (Å²) < 4.78 is 18.7. The molecule has 0 radical (unpaired) electrons. The Bertz CT molecular complexity index is 1090. The van der Waals surface area contributed by atoms with Gasteiger partial charge in [-0.1, -0.05) is 24.3 Å². The van der Waals surface area contributed by atoms with Crippen molar-refractivity contribution in [2.75, 3.05) is 22.6 Å². The van der Waals surface area contributed by atoms with E-state index in [-0.39, 0.29) is 17.8 Å². The lowest BCUT2D eigenvalue weighted by atomic mass is 10.2. The van der Waals surface area contributed by atoms with Gasteiger partial charge in [0.25, 0.3) is 0 Å². The molecule has 0 aliphatic carbocycles. The summed E-state index contributed by atoms with van der Waals surface area (Å²) in [4.78, 5) is 22.9. The van der Waals surface area contributed by atoms with E-state index in [0.717, 1.165) is 16.9 Å². The second-order valence-corrected chi connectivity index (χ2v) is 7.52. The van der Waals surface area contributed by atoms with E-state index in [1.54, 1.807) is 12.1 Å². The lowest BCUT2D eigenvalue weighted by Gasteiger charge is -2.32. The van der Waals surface area contributed by atoms with E-state index in [4.69, 9.17) is 4.74 Å². The SMILES string of the molecule is Cc1nc(NCc2ccc(OCc3ccc(F)cc3)cc2)nc2c1NC(=O)[C@H](C)N2C. The predicted octanol–water partition coefficient (Wildman–Crippen LogP) is 3.89. The van der Waals surface area contributed by atoms with Gasteiger partial charge in [-0.15, -0.1) is 0 Å². The van der Waals surface area contributed by atoms with Crippen LogP contribution < -0.4 is 20.3 Å². The maximum absolute atomic E-state index is 13.0. The molecule has 0 fully saturated rings. The minimum atomic E-state index is -0.294. The molecule has 4 rings (SSSR count). The molecule has 1 aromatic heterocycles. The number of carbonyl (C=O) groups is 1. The molecule has 2 N–H and O–H groups in total. The summed E-state index contributed by atoms with van der Waals surface area (Å²) in [6, 6.07) is 13.7. The Labute approximate surface area is 180 Å². The van der Waals surface area contributed by atoms with Crippen molar-refractivity contribution in [1.29, 1.82) is 0 Å². The average molecular weight is 421 g/mol. The molecule has 0 saturated heterocycles. The van der Waals surface area contributed by atoms with Gasteiger partial charge in [0.1, 0.15) is 29.9 Å². The Morgan fingerprint density at radius 3 is 2.48 bits per heavy atom. The fourth-order valence-electron chi connectivity index (χ4n) is 3.26. The number of likely N-dealkylation sites (N-methyl/N-ethyl adjacent to an activating group) is 1. The Balaban J connectivity index is 1.38. The zero-order valence-corrected chi connectivity index (χ0v) is 17.6. The van der Waals surface area contributed by atoms with Gasteiger partial charge >= 0.3 is 0 Å². The number of halogens is 1. The first-order chi connectivity index (χ1) is 14.9. The van der Waals surface area contributed by atoms with Crippen LogP contribution in [0.5, 0.6) is 5.75 Å². The molecule has 31 heavy (non-hydrogen) atoms. The summed E-state index contributed by atoms with van der Waals surface area (Å²) in [7, 11) is 1.85. The van der Waals surface area contributed by atoms with Gasteiger partial charge in [-0.2, -0.15) is 4.98 Å². The van der Waals surface area contributed by atoms with Crippen LogP contribution in [0, 0.1) is 12.7 Å². The fraction of sp³-hybridized carbons (Fsp3) is 0.261. The van der Waals surface area contributed by atoms with Crippen molar-refractivity contribution in [2.24, 2.45) is 0 Å². The summed E-state index contributed by atoms with van der Waals surface area (Å²) in [5.41, 5.74) is 3.31. The molecule has 3 aromatic rings. The third-order valence-corrected chi connectivity index (χ3v) is 5.31. The van der Waals surface area contributed by atoms with Crippen LogP contribution in [-0.4, -0.2) is 29.0 Å². The second kappa shape index (κ2) is 8.59. The number of anilines is 3. The number of aromatic nitrogens is 2. The Hall–Kier alpha value is -3.68. The highest BCUT2D eigenvalue weighted by molar-refractivity contribution is 6.03. The number of hydrogen-bond acceptors (Lipinski definition) is 6. The summed E-state index contributed by atoms with van der Waals surface area (Å²) in [6.07, 6.45) is 0. The van der Waals surface area contributed by atoms with Gasteiger partial charge in [0.2, 0.25) is 11.9 Å². The third-order valence-electron chi connectivity index (χ3n) is 5.31. The quantitative estimate of drug-likeness (QED) is 0.629. The van der Waals surface area contributed by atoms with Crippen LogP contribution >= 0.6 is 0 Å². The zero-order valence-electron chi connectivity index (χ0n) is 17.6. The van der Waals surface area contributed by atoms with E-state index < -0.39 is 0 Å². The van der Waals surface area contributed by atoms with Crippen molar-refractivity contribution in [3.8, 4) is 5.75 Å². The highest BCUT2D eigenvalue weighted by Crippen LogP contribution is 2.32. The minimum Gasteiger partial charge on any atom is -0.489 e. The van der Waals surface area contributed by atoms with E-state index in [1.165, 1.54) is 12.1 Å². The molecule has 160 valence electrons. The number of benzene rings is 2. The van der Waals surface area contributed by atoms with Crippen LogP contribution in [0.4, 0.5) is 21.8 Å². The molecule has 1 aliphatic rings. The van der Waals surface area contributed by atoms with Crippen molar-refractivity contribution in [2.45, 2.75) is 33.0 Å². The van der Waals surface area contributed by atoms with Gasteiger partial charge in [-0.3, -0.25) is 4.79 Å². The zero-order chi connectivity index (χ0) is 22.0. The standard InChI is InChI=1S/C23H24FN5O2/c1-14-20-21(29(3)15(2)22(30)27-20)28-23(26-14)25-12-16-6-10-19(11-7-16)31-13-17-4-8-18(24)9-5-17/h4-11,15H,12-13H2,1-3H3,(H,27,30)(H,25,26,28)/t15-/m0/s1. The second-order valence-electron chi connectivity index (χ2n) is 7.52. The first-order valence-electron chi connectivity index (χ1n) is 10.0. The predicted molar refractivity (Wildman–Crippen MR) is 118 cm³/mol. The van der Waals surface area contributed by atoms with E-state index in [0.29, 0.717) is 36.3 Å². The molecular formula is C23H24FN5O2. The summed E-state index contributed by atoms with van der Waals surface area (Å²) >= 11 is 0. The van der Waals surface area contributed by atoms with E-state index in [1.807, 2.05) is 50.1 Å². The molecule has 0 spiro atoms. The van der Waals surface area contributed by atoms with E-state index in [9.17, 15) is 9.18 Å². The number of nitrogens with one attached hydrogen (secondary N) is 2. The largest absolute Gasteiger partial charge is 0.489 e. The summed E-state index contributed by atoms with van der Waals surface area (Å²) in [5.74, 6) is 1.61. The molecule has 0 bridgehead atoms. The highest BCUT2D eigenvalue weighted by Gasteiger charge is 2.30. The smallest absolute Gasteiger partial charge is 0.246 e. The molecule has 2 heterocycles. The molecule has 8 heteroatoms. The topological polar surface area (TPSA) is 79.4 Å². The van der Waals surface area contributed by atoms with Gasteiger partial charge in [0.05, 0.1) is 5.69 Å². The number of rotatable bonds is 6. The van der Waals surface area contributed by atoms with Gasteiger partial charge in [-0.25, -0.2) is 9.37 Å². The van der Waals surface area contributed by atoms with Crippen molar-refractivity contribution in [3.63, 3.8) is 0 Å². The molecule has 0 unspecified atom stereocenters. The minimum absolute atomic E-state index is 0.0656. The first-order valence-corrected chi connectivity index (χ1v) is 10.0. The molecule has 1 amide bonds. The highest BCUT2D eigenvalue weighted by atomic mass is 19.1. The van der Waals surface area contributed by atoms with Crippen molar-refractivity contribution >= 4 is 23.4 Å². The van der Waals surface area contributed by atoms with Crippen LogP contribution in [0.15, 0.2) is 48.5 Å². The van der Waals surface area contributed by atoms with Crippen LogP contribution in [0.2, 0.25) is 0 Å². The molecule has 0 saturated carbocycles. The number of hydrogen-bond donors (Lipinski definition) is 2. The van der Waals surface area contributed by atoms with Crippen molar-refractivity contribution in [1.82, 2.24) is 9.97 Å². The molecule has 7 nitrogen and oxygen atoms in total. The number of aryl methyl sites for hydroxylation is 1. The first kappa shape index (κ1) is 20.6. The lowest BCUT2D eigenvalue weighted by Crippen LogP contribution is -2.44.